The Bertz CT molecular complexity index is 809. The second kappa shape index (κ2) is 7.30. The molecule has 2 aliphatic heterocycles. The lowest BCUT2D eigenvalue weighted by Gasteiger charge is -2.39. The van der Waals surface area contributed by atoms with Crippen molar-refractivity contribution in [3.8, 4) is 0 Å². The number of aliphatic hydroxyl groups excluding tert-OH is 1. The molecule has 8 heteroatoms. The number of aryl methyl sites for hydroxylation is 2. The number of rotatable bonds is 4. The summed E-state index contributed by atoms with van der Waals surface area (Å²) in [4.78, 5) is 12.4. The van der Waals surface area contributed by atoms with Crippen molar-refractivity contribution >= 4 is 6.03 Å². The Kier molecular flexibility index (Phi) is 4.86. The minimum absolute atomic E-state index is 0.321. The molecular formula is C19H24N4O4. The first kappa shape index (κ1) is 18.0. The second-order valence-electron chi connectivity index (χ2n) is 7.07. The number of hydrogen-bond acceptors (Lipinski definition) is 5. The van der Waals surface area contributed by atoms with Crippen LogP contribution in [0.25, 0.3) is 0 Å². The average Bonchev–Trinajstić information content (AvgIpc) is 3.23. The normalized spacial score (nSPS) is 29.5. The van der Waals surface area contributed by atoms with Gasteiger partial charge in [0, 0.05) is 12.2 Å². The highest BCUT2D eigenvalue weighted by molar-refractivity contribution is 5.74. The standard InChI is InChI=1S/C19H24N4O4/c1-11-8-12(2)23(22-11)16-17(24)15(14-10-26-18(16)27-14)21-19(25)20-9-13-6-4-3-5-7-13/h3-8,14-18,24H,9-10H2,1-2H3,(H2,20,21,25). The van der Waals surface area contributed by atoms with Crippen molar-refractivity contribution in [1.82, 2.24) is 20.4 Å². The maximum atomic E-state index is 12.4. The number of aliphatic hydroxyl groups is 1. The first-order valence-corrected chi connectivity index (χ1v) is 9.09. The predicted molar refractivity (Wildman–Crippen MR) is 97.0 cm³/mol. The minimum atomic E-state index is -0.878. The van der Waals surface area contributed by atoms with E-state index in [-0.39, 0.29) is 12.1 Å². The topological polar surface area (TPSA) is 97.6 Å². The van der Waals surface area contributed by atoms with Crippen LogP contribution in [-0.4, -0.2) is 52.1 Å². The third kappa shape index (κ3) is 3.55. The molecule has 4 rings (SSSR count). The smallest absolute Gasteiger partial charge is 0.315 e. The maximum absolute atomic E-state index is 12.4. The van der Waals surface area contributed by atoms with E-state index >= 15 is 0 Å². The van der Waals surface area contributed by atoms with E-state index in [0.29, 0.717) is 13.2 Å². The van der Waals surface area contributed by atoms with E-state index in [1.165, 1.54) is 0 Å². The summed E-state index contributed by atoms with van der Waals surface area (Å²) in [5.74, 6) is 0. The van der Waals surface area contributed by atoms with Gasteiger partial charge in [-0.1, -0.05) is 30.3 Å². The van der Waals surface area contributed by atoms with Gasteiger partial charge in [0.2, 0.25) is 0 Å². The highest BCUT2D eigenvalue weighted by atomic mass is 16.7. The van der Waals surface area contributed by atoms with Gasteiger partial charge in [-0.05, 0) is 25.5 Å². The van der Waals surface area contributed by atoms with Crippen molar-refractivity contribution in [2.24, 2.45) is 0 Å². The average molecular weight is 372 g/mol. The largest absolute Gasteiger partial charge is 0.388 e. The van der Waals surface area contributed by atoms with Crippen LogP contribution in [0, 0.1) is 13.8 Å². The van der Waals surface area contributed by atoms with Crippen molar-refractivity contribution in [3.05, 3.63) is 53.3 Å². The third-order valence-electron chi connectivity index (χ3n) is 5.05. The number of carbonyl (C=O) groups excluding carboxylic acids is 1. The molecule has 0 saturated carbocycles. The number of urea groups is 1. The molecule has 3 N–H and O–H groups in total. The summed E-state index contributed by atoms with van der Waals surface area (Å²) in [6.07, 6.45) is -1.84. The Morgan fingerprint density at radius 2 is 2.11 bits per heavy atom. The summed E-state index contributed by atoms with van der Waals surface area (Å²) >= 11 is 0. The molecule has 8 nitrogen and oxygen atoms in total. The van der Waals surface area contributed by atoms with E-state index < -0.39 is 24.5 Å². The van der Waals surface area contributed by atoms with Gasteiger partial charge in [0.05, 0.1) is 18.3 Å². The molecule has 2 amide bonds. The molecule has 144 valence electrons. The van der Waals surface area contributed by atoms with Gasteiger partial charge in [0.25, 0.3) is 0 Å². The van der Waals surface area contributed by atoms with Crippen LogP contribution < -0.4 is 10.6 Å². The molecule has 3 heterocycles. The molecule has 5 atom stereocenters. The molecule has 2 saturated heterocycles. The monoisotopic (exact) mass is 372 g/mol. The van der Waals surface area contributed by atoms with Crippen molar-refractivity contribution in [1.29, 1.82) is 0 Å². The number of nitrogens with one attached hydrogen (secondary N) is 2. The van der Waals surface area contributed by atoms with Crippen LogP contribution in [0.15, 0.2) is 36.4 Å². The number of aromatic nitrogens is 2. The third-order valence-corrected chi connectivity index (χ3v) is 5.05. The van der Waals surface area contributed by atoms with Gasteiger partial charge in [0.15, 0.2) is 6.29 Å². The fourth-order valence-electron chi connectivity index (χ4n) is 3.77. The Hall–Kier alpha value is -2.42. The second-order valence-corrected chi connectivity index (χ2v) is 7.07. The fraction of sp³-hybridized carbons (Fsp3) is 0.474. The number of nitrogens with zero attached hydrogens (tertiary/aromatic N) is 2. The zero-order valence-corrected chi connectivity index (χ0v) is 15.3. The predicted octanol–water partition coefficient (Wildman–Crippen LogP) is 1.03. The lowest BCUT2D eigenvalue weighted by atomic mass is 9.96. The molecular weight excluding hydrogens is 348 g/mol. The molecule has 1 aromatic carbocycles. The number of amides is 2. The SMILES string of the molecule is Cc1cc(C)n(C2C3OCC(O3)C(NC(=O)NCc3ccccc3)C2O)n1. The summed E-state index contributed by atoms with van der Waals surface area (Å²) in [5.41, 5.74) is 2.75. The van der Waals surface area contributed by atoms with Crippen LogP contribution in [0.4, 0.5) is 4.79 Å². The molecule has 2 aliphatic rings. The number of carbonyl (C=O) groups is 1. The van der Waals surface area contributed by atoms with E-state index in [0.717, 1.165) is 17.0 Å². The van der Waals surface area contributed by atoms with Crippen LogP contribution in [0.1, 0.15) is 23.0 Å². The quantitative estimate of drug-likeness (QED) is 0.745. The molecule has 27 heavy (non-hydrogen) atoms. The van der Waals surface area contributed by atoms with Gasteiger partial charge in [-0.2, -0.15) is 5.10 Å². The Morgan fingerprint density at radius 3 is 2.81 bits per heavy atom. The zero-order valence-electron chi connectivity index (χ0n) is 15.3. The Labute approximate surface area is 157 Å². The minimum Gasteiger partial charge on any atom is -0.388 e. The van der Waals surface area contributed by atoms with E-state index in [1.54, 1.807) is 4.68 Å². The highest BCUT2D eigenvalue weighted by Crippen LogP contribution is 2.36. The number of ether oxygens (including phenoxy) is 2. The highest BCUT2D eigenvalue weighted by Gasteiger charge is 2.52. The van der Waals surface area contributed by atoms with Crippen molar-refractivity contribution < 1.29 is 19.4 Å². The fourth-order valence-corrected chi connectivity index (χ4v) is 3.77. The molecule has 2 fully saturated rings. The van der Waals surface area contributed by atoms with Gasteiger partial charge < -0.3 is 25.2 Å². The Balaban J connectivity index is 1.45. The molecule has 2 bridgehead atoms. The van der Waals surface area contributed by atoms with Gasteiger partial charge in [-0.25, -0.2) is 4.79 Å². The zero-order chi connectivity index (χ0) is 19.0. The summed E-state index contributed by atoms with van der Waals surface area (Å²) < 4.78 is 13.3. The van der Waals surface area contributed by atoms with Gasteiger partial charge >= 0.3 is 6.03 Å². The van der Waals surface area contributed by atoms with Crippen molar-refractivity contribution in [3.63, 3.8) is 0 Å². The summed E-state index contributed by atoms with van der Waals surface area (Å²) in [6.45, 7) is 4.54. The number of hydrogen-bond donors (Lipinski definition) is 3. The van der Waals surface area contributed by atoms with Gasteiger partial charge in [-0.3, -0.25) is 4.68 Å². The van der Waals surface area contributed by atoms with E-state index in [1.807, 2.05) is 50.2 Å². The number of fused-ring (bicyclic) bond motifs is 2. The number of benzene rings is 1. The van der Waals surface area contributed by atoms with Crippen LogP contribution >= 0.6 is 0 Å². The molecule has 0 radical (unpaired) electrons. The van der Waals surface area contributed by atoms with Crippen LogP contribution in [0.3, 0.4) is 0 Å². The van der Waals surface area contributed by atoms with Crippen LogP contribution in [0.5, 0.6) is 0 Å². The summed E-state index contributed by atoms with van der Waals surface area (Å²) in [7, 11) is 0. The van der Waals surface area contributed by atoms with Gasteiger partial charge in [-0.15, -0.1) is 0 Å². The Morgan fingerprint density at radius 1 is 1.33 bits per heavy atom. The molecule has 0 aliphatic carbocycles. The molecule has 0 spiro atoms. The van der Waals surface area contributed by atoms with E-state index in [4.69, 9.17) is 9.47 Å². The van der Waals surface area contributed by atoms with E-state index in [2.05, 4.69) is 15.7 Å². The van der Waals surface area contributed by atoms with E-state index in [9.17, 15) is 9.90 Å². The van der Waals surface area contributed by atoms with Crippen LogP contribution in [0.2, 0.25) is 0 Å². The van der Waals surface area contributed by atoms with Crippen molar-refractivity contribution in [2.75, 3.05) is 6.61 Å². The van der Waals surface area contributed by atoms with Crippen molar-refractivity contribution in [2.45, 2.75) is 51.0 Å². The molecule has 2 aromatic rings. The first-order valence-electron chi connectivity index (χ1n) is 9.09. The van der Waals surface area contributed by atoms with Crippen LogP contribution in [-0.2, 0) is 16.0 Å². The van der Waals surface area contributed by atoms with Gasteiger partial charge in [0.1, 0.15) is 18.2 Å². The lowest BCUT2D eigenvalue weighted by molar-refractivity contribution is -0.166. The first-order chi connectivity index (χ1) is 13.0. The maximum Gasteiger partial charge on any atom is 0.315 e. The molecule has 1 aromatic heterocycles. The lowest BCUT2D eigenvalue weighted by Crippen LogP contribution is -2.60. The summed E-state index contributed by atoms with van der Waals surface area (Å²) in [5, 5.41) is 21.1. The summed E-state index contributed by atoms with van der Waals surface area (Å²) in [6, 6.07) is 10.1. The molecule has 5 unspecified atom stereocenters.